The zero-order valence-electron chi connectivity index (χ0n) is 15.4. The first-order chi connectivity index (χ1) is 13.6. The second-order valence-electron chi connectivity index (χ2n) is 6.68. The van der Waals surface area contributed by atoms with Crippen molar-refractivity contribution in [3.63, 3.8) is 0 Å². The number of hydrogen-bond donors (Lipinski definition) is 3. The van der Waals surface area contributed by atoms with Gasteiger partial charge in [0.05, 0.1) is 0 Å². The number of thiophene rings is 1. The van der Waals surface area contributed by atoms with Crippen LogP contribution in [0.2, 0.25) is 0 Å². The van der Waals surface area contributed by atoms with Crippen LogP contribution in [0.15, 0.2) is 47.9 Å². The molecule has 0 atom stereocenters. The molecule has 0 radical (unpaired) electrons. The van der Waals surface area contributed by atoms with Gasteiger partial charge in [0.2, 0.25) is 5.91 Å². The lowest BCUT2D eigenvalue weighted by molar-refractivity contribution is -0.115. The molecule has 0 spiro atoms. The molecule has 5 nitrogen and oxygen atoms in total. The monoisotopic (exact) mass is 413 g/mol. The van der Waals surface area contributed by atoms with Crippen LogP contribution in [0.3, 0.4) is 0 Å². The summed E-state index contributed by atoms with van der Waals surface area (Å²) in [6.07, 6.45) is 8.91. The molecule has 1 aliphatic rings. The Kier molecular flexibility index (Phi) is 7.33. The molecule has 0 unspecified atom stereocenters. The highest BCUT2D eigenvalue weighted by atomic mass is 32.1. The number of carbonyl (C=O) groups is 2. The molecule has 1 aromatic carbocycles. The van der Waals surface area contributed by atoms with Crippen molar-refractivity contribution < 1.29 is 9.59 Å². The lowest BCUT2D eigenvalue weighted by atomic mass is 9.95. The van der Waals surface area contributed by atoms with Crippen LogP contribution < -0.4 is 16.0 Å². The van der Waals surface area contributed by atoms with E-state index in [-0.39, 0.29) is 23.0 Å². The lowest BCUT2D eigenvalue weighted by Crippen LogP contribution is -2.36. The van der Waals surface area contributed by atoms with Gasteiger partial charge < -0.3 is 10.6 Å². The minimum absolute atomic E-state index is 0.0481. The summed E-state index contributed by atoms with van der Waals surface area (Å²) in [6.45, 7) is 0. The van der Waals surface area contributed by atoms with Crippen LogP contribution in [0.1, 0.15) is 47.3 Å². The van der Waals surface area contributed by atoms with Crippen LogP contribution in [-0.2, 0) is 4.79 Å². The Labute approximate surface area is 174 Å². The van der Waals surface area contributed by atoms with E-state index in [0.717, 1.165) is 17.7 Å². The Morgan fingerprint density at radius 2 is 1.82 bits per heavy atom. The van der Waals surface area contributed by atoms with Gasteiger partial charge in [0.25, 0.3) is 5.91 Å². The normalized spacial score (nSPS) is 14.6. The smallest absolute Gasteiger partial charge is 0.251 e. The van der Waals surface area contributed by atoms with Gasteiger partial charge in [0.1, 0.15) is 0 Å². The summed E-state index contributed by atoms with van der Waals surface area (Å²) in [5.41, 5.74) is 1.33. The van der Waals surface area contributed by atoms with E-state index in [2.05, 4.69) is 16.0 Å². The van der Waals surface area contributed by atoms with Crippen molar-refractivity contribution in [3.8, 4) is 0 Å². The topological polar surface area (TPSA) is 70.2 Å². The molecular weight excluding hydrogens is 390 g/mol. The van der Waals surface area contributed by atoms with Gasteiger partial charge in [-0.05, 0) is 66.8 Å². The van der Waals surface area contributed by atoms with Gasteiger partial charge in [-0.2, -0.15) is 0 Å². The molecule has 1 aromatic heterocycles. The molecule has 1 heterocycles. The van der Waals surface area contributed by atoms with Crippen LogP contribution in [0, 0.1) is 0 Å². The summed E-state index contributed by atoms with van der Waals surface area (Å²) in [6, 6.07) is 11.2. The number of rotatable bonds is 5. The molecule has 0 saturated heterocycles. The summed E-state index contributed by atoms with van der Waals surface area (Å²) in [5.74, 6) is -0.345. The van der Waals surface area contributed by atoms with Crippen molar-refractivity contribution in [2.24, 2.45) is 0 Å². The number of nitrogens with one attached hydrogen (secondary N) is 3. The van der Waals surface area contributed by atoms with Gasteiger partial charge in [-0.25, -0.2) is 0 Å². The summed E-state index contributed by atoms with van der Waals surface area (Å²) in [5, 5.41) is 10.8. The van der Waals surface area contributed by atoms with Crippen molar-refractivity contribution in [1.29, 1.82) is 0 Å². The summed E-state index contributed by atoms with van der Waals surface area (Å²) in [7, 11) is 0. The van der Waals surface area contributed by atoms with Gasteiger partial charge in [-0.1, -0.05) is 25.3 Å². The quantitative estimate of drug-likeness (QED) is 0.504. The van der Waals surface area contributed by atoms with Gasteiger partial charge in [-0.3, -0.25) is 14.9 Å². The second kappa shape index (κ2) is 10.1. The molecule has 1 aliphatic carbocycles. The Bertz CT molecular complexity index is 839. The highest BCUT2D eigenvalue weighted by Gasteiger charge is 2.16. The summed E-state index contributed by atoms with van der Waals surface area (Å²) >= 11 is 6.72. The first kappa shape index (κ1) is 20.2. The van der Waals surface area contributed by atoms with E-state index in [1.54, 1.807) is 41.7 Å². The Balaban J connectivity index is 1.47. The molecule has 1 fully saturated rings. The molecule has 3 N–H and O–H groups in total. The predicted octanol–water partition coefficient (Wildman–Crippen LogP) is 4.34. The van der Waals surface area contributed by atoms with Crippen LogP contribution in [0.5, 0.6) is 0 Å². The SMILES string of the molecule is O=C(/C=C/c1cccs1)NC(=S)Nc1ccc(C(=O)NC2CCCCC2)cc1. The zero-order valence-corrected chi connectivity index (χ0v) is 17.1. The fourth-order valence-corrected chi connectivity index (χ4v) is 3.92. The zero-order chi connectivity index (χ0) is 19.8. The van der Waals surface area contributed by atoms with Crippen LogP contribution in [0.25, 0.3) is 6.08 Å². The average molecular weight is 414 g/mol. The van der Waals surface area contributed by atoms with Crippen molar-refractivity contribution >= 4 is 52.2 Å². The van der Waals surface area contributed by atoms with E-state index in [1.165, 1.54) is 25.3 Å². The van der Waals surface area contributed by atoms with Crippen LogP contribution >= 0.6 is 23.6 Å². The van der Waals surface area contributed by atoms with Gasteiger partial charge >= 0.3 is 0 Å². The highest BCUT2D eigenvalue weighted by molar-refractivity contribution is 7.80. The second-order valence-corrected chi connectivity index (χ2v) is 8.07. The molecule has 0 aliphatic heterocycles. The number of anilines is 1. The van der Waals surface area contributed by atoms with Crippen LogP contribution in [-0.4, -0.2) is 23.0 Å². The largest absolute Gasteiger partial charge is 0.349 e. The Morgan fingerprint density at radius 1 is 1.07 bits per heavy atom. The summed E-state index contributed by atoms with van der Waals surface area (Å²) in [4.78, 5) is 25.2. The van der Waals surface area contributed by atoms with Gasteiger partial charge in [-0.15, -0.1) is 11.3 Å². The van der Waals surface area contributed by atoms with Crippen molar-refractivity contribution in [2.45, 2.75) is 38.1 Å². The number of carbonyl (C=O) groups excluding carboxylic acids is 2. The standard InChI is InChI=1S/C21H23N3O2S2/c25-19(13-12-18-7-4-14-28-18)24-21(27)23-17-10-8-15(9-11-17)20(26)22-16-5-2-1-3-6-16/h4,7-14,16H,1-3,5-6H2,(H,22,26)(H2,23,24,25,27)/b13-12+. The molecule has 0 bridgehead atoms. The number of hydrogen-bond acceptors (Lipinski definition) is 4. The molecule has 3 rings (SSSR count). The molecule has 2 amide bonds. The first-order valence-electron chi connectivity index (χ1n) is 9.34. The van der Waals surface area contributed by atoms with E-state index >= 15 is 0 Å². The van der Waals surface area contributed by atoms with Crippen molar-refractivity contribution in [3.05, 3.63) is 58.3 Å². The fourth-order valence-electron chi connectivity index (χ4n) is 3.08. The predicted molar refractivity (Wildman–Crippen MR) is 118 cm³/mol. The van der Waals surface area contributed by atoms with E-state index in [0.29, 0.717) is 11.3 Å². The van der Waals surface area contributed by atoms with E-state index in [9.17, 15) is 9.59 Å². The summed E-state index contributed by atoms with van der Waals surface area (Å²) < 4.78 is 0. The molecule has 7 heteroatoms. The maximum absolute atomic E-state index is 12.3. The van der Waals surface area contributed by atoms with Crippen LogP contribution in [0.4, 0.5) is 5.69 Å². The minimum Gasteiger partial charge on any atom is -0.349 e. The molecule has 146 valence electrons. The molecule has 1 saturated carbocycles. The van der Waals surface area contributed by atoms with E-state index in [1.807, 2.05) is 17.5 Å². The maximum atomic E-state index is 12.3. The van der Waals surface area contributed by atoms with Crippen molar-refractivity contribution in [2.75, 3.05) is 5.32 Å². The third kappa shape index (κ3) is 6.28. The number of thiocarbonyl (C=S) groups is 1. The van der Waals surface area contributed by atoms with Gasteiger partial charge in [0, 0.05) is 28.2 Å². The third-order valence-corrected chi connectivity index (χ3v) is 5.57. The van der Waals surface area contributed by atoms with Gasteiger partial charge in [0.15, 0.2) is 5.11 Å². The highest BCUT2D eigenvalue weighted by Crippen LogP contribution is 2.18. The van der Waals surface area contributed by atoms with Crippen molar-refractivity contribution in [1.82, 2.24) is 10.6 Å². The average Bonchev–Trinajstić information content (AvgIpc) is 3.21. The molecule has 28 heavy (non-hydrogen) atoms. The Morgan fingerprint density at radius 3 is 2.50 bits per heavy atom. The third-order valence-electron chi connectivity index (χ3n) is 4.52. The number of amides is 2. The molecule has 2 aromatic rings. The maximum Gasteiger partial charge on any atom is 0.251 e. The first-order valence-corrected chi connectivity index (χ1v) is 10.6. The Hall–Kier alpha value is -2.51. The van der Waals surface area contributed by atoms with E-state index in [4.69, 9.17) is 12.2 Å². The number of benzene rings is 1. The fraction of sp³-hybridized carbons (Fsp3) is 0.286. The van der Waals surface area contributed by atoms with E-state index < -0.39 is 0 Å². The molecular formula is C21H23N3O2S2. The lowest BCUT2D eigenvalue weighted by Gasteiger charge is -2.22. The minimum atomic E-state index is -0.297.